The highest BCUT2D eigenvalue weighted by Crippen LogP contribution is 2.26. The number of rotatable bonds is 7. The van der Waals surface area contributed by atoms with Crippen LogP contribution < -0.4 is 10.6 Å². The average Bonchev–Trinajstić information content (AvgIpc) is 3.04. The molecule has 0 unspecified atom stereocenters. The van der Waals surface area contributed by atoms with Crippen LogP contribution in [-0.4, -0.2) is 47.2 Å². The summed E-state index contributed by atoms with van der Waals surface area (Å²) in [6, 6.07) is 0.0603. The Morgan fingerprint density at radius 3 is 2.46 bits per heavy atom. The lowest BCUT2D eigenvalue weighted by Crippen LogP contribution is -2.30. The minimum Gasteiger partial charge on any atom is -0.394 e. The molecular weight excluding hydrogens is 332 g/mol. The van der Waals surface area contributed by atoms with Crippen LogP contribution in [0.1, 0.15) is 33.7 Å². The van der Waals surface area contributed by atoms with E-state index in [-0.39, 0.29) is 24.6 Å². The Bertz CT molecular complexity index is 862. The molecule has 138 valence electrons. The molecule has 9 heteroatoms. The lowest BCUT2D eigenvalue weighted by molar-refractivity contribution is 0.248. The molecule has 0 radical (unpaired) electrons. The van der Waals surface area contributed by atoms with Crippen molar-refractivity contribution in [1.82, 2.24) is 29.5 Å². The summed E-state index contributed by atoms with van der Waals surface area (Å²) < 4.78 is 1.98. The van der Waals surface area contributed by atoms with E-state index >= 15 is 0 Å². The largest absolute Gasteiger partial charge is 0.394 e. The minimum atomic E-state index is -0.143. The van der Waals surface area contributed by atoms with Crippen LogP contribution in [0.5, 0.6) is 0 Å². The fourth-order valence-corrected chi connectivity index (χ4v) is 2.54. The number of nitrogens with zero attached hydrogens (tertiary/aromatic N) is 6. The summed E-state index contributed by atoms with van der Waals surface area (Å²) in [6.45, 7) is 8.20. The maximum atomic E-state index is 9.61. The van der Waals surface area contributed by atoms with Crippen molar-refractivity contribution in [2.45, 2.75) is 39.8 Å². The number of aromatic nitrogens is 6. The topological polar surface area (TPSA) is 114 Å². The van der Waals surface area contributed by atoms with E-state index in [4.69, 9.17) is 0 Å². The van der Waals surface area contributed by atoms with Crippen LogP contribution in [-0.2, 0) is 0 Å². The van der Waals surface area contributed by atoms with Crippen molar-refractivity contribution < 1.29 is 5.11 Å². The standard InChI is InChI=1S/C17H24N8O/c1-10(2)13(7-26)22-17-23-15(21-12-5-18-8-19-6-12)14-16(24-17)25(9-20-14)11(3)4/h5-6,8-11,13,26H,7H2,1-4H3,(H2,21,22,23,24)/t13-/m0/s1. The summed E-state index contributed by atoms with van der Waals surface area (Å²) >= 11 is 0. The second-order valence-corrected chi connectivity index (χ2v) is 6.74. The normalized spacial score (nSPS) is 12.7. The van der Waals surface area contributed by atoms with E-state index in [0.717, 1.165) is 5.65 Å². The van der Waals surface area contributed by atoms with E-state index in [0.29, 0.717) is 23.0 Å². The van der Waals surface area contributed by atoms with Crippen LogP contribution in [0.4, 0.5) is 17.5 Å². The number of aliphatic hydroxyl groups is 1. The van der Waals surface area contributed by atoms with Gasteiger partial charge in [0, 0.05) is 6.04 Å². The molecule has 0 spiro atoms. The molecule has 3 aromatic rings. The first kappa shape index (κ1) is 18.0. The lowest BCUT2D eigenvalue weighted by Gasteiger charge is -2.20. The maximum Gasteiger partial charge on any atom is 0.227 e. The molecule has 0 aliphatic heterocycles. The molecule has 3 N–H and O–H groups in total. The first-order chi connectivity index (χ1) is 12.5. The van der Waals surface area contributed by atoms with Crippen LogP contribution in [0, 0.1) is 5.92 Å². The second kappa shape index (κ2) is 7.61. The zero-order chi connectivity index (χ0) is 18.7. The maximum absolute atomic E-state index is 9.61. The summed E-state index contributed by atoms with van der Waals surface area (Å²) in [7, 11) is 0. The molecule has 3 heterocycles. The van der Waals surface area contributed by atoms with Gasteiger partial charge in [-0.2, -0.15) is 9.97 Å². The van der Waals surface area contributed by atoms with Crippen molar-refractivity contribution in [2.75, 3.05) is 17.2 Å². The number of nitrogens with one attached hydrogen (secondary N) is 2. The minimum absolute atomic E-state index is 0.00219. The van der Waals surface area contributed by atoms with Crippen LogP contribution in [0.3, 0.4) is 0 Å². The molecule has 0 bridgehead atoms. The Labute approximate surface area is 152 Å². The van der Waals surface area contributed by atoms with Gasteiger partial charge in [-0.1, -0.05) is 13.8 Å². The highest BCUT2D eigenvalue weighted by Gasteiger charge is 2.18. The van der Waals surface area contributed by atoms with Crippen LogP contribution >= 0.6 is 0 Å². The molecule has 0 aliphatic carbocycles. The summed E-state index contributed by atoms with van der Waals surface area (Å²) in [5.74, 6) is 1.23. The number of hydrogen-bond donors (Lipinski definition) is 3. The van der Waals surface area contributed by atoms with E-state index in [1.54, 1.807) is 18.7 Å². The van der Waals surface area contributed by atoms with Gasteiger partial charge in [-0.15, -0.1) is 0 Å². The third-order valence-electron chi connectivity index (χ3n) is 4.12. The third kappa shape index (κ3) is 3.72. The van der Waals surface area contributed by atoms with Crippen molar-refractivity contribution >= 4 is 28.6 Å². The van der Waals surface area contributed by atoms with Gasteiger partial charge in [-0.3, -0.25) is 0 Å². The molecule has 1 atom stereocenters. The van der Waals surface area contributed by atoms with Crippen molar-refractivity contribution in [3.05, 3.63) is 25.0 Å². The summed E-state index contributed by atoms with van der Waals surface area (Å²) in [6.07, 6.45) is 6.55. The fraction of sp³-hybridized carbons (Fsp3) is 0.471. The molecule has 9 nitrogen and oxygen atoms in total. The van der Waals surface area contributed by atoms with Crippen molar-refractivity contribution in [2.24, 2.45) is 5.92 Å². The van der Waals surface area contributed by atoms with Gasteiger partial charge in [0.05, 0.1) is 37.1 Å². The number of hydrogen-bond acceptors (Lipinski definition) is 8. The van der Waals surface area contributed by atoms with Gasteiger partial charge in [0.2, 0.25) is 5.95 Å². The van der Waals surface area contributed by atoms with E-state index < -0.39 is 0 Å². The van der Waals surface area contributed by atoms with Crippen LogP contribution in [0.15, 0.2) is 25.0 Å². The number of fused-ring (bicyclic) bond motifs is 1. The first-order valence-electron chi connectivity index (χ1n) is 8.63. The molecule has 0 fully saturated rings. The molecule has 3 rings (SSSR count). The molecular formula is C17H24N8O. The van der Waals surface area contributed by atoms with Crippen LogP contribution in [0.25, 0.3) is 11.2 Å². The Morgan fingerprint density at radius 1 is 1.12 bits per heavy atom. The van der Waals surface area contributed by atoms with Gasteiger partial charge < -0.3 is 20.3 Å². The lowest BCUT2D eigenvalue weighted by atomic mass is 10.1. The van der Waals surface area contributed by atoms with E-state index in [1.165, 1.54) is 6.33 Å². The van der Waals surface area contributed by atoms with E-state index in [2.05, 4.69) is 49.4 Å². The second-order valence-electron chi connectivity index (χ2n) is 6.74. The quantitative estimate of drug-likeness (QED) is 0.591. The summed E-state index contributed by atoms with van der Waals surface area (Å²) in [5.41, 5.74) is 2.09. The Morgan fingerprint density at radius 2 is 1.85 bits per heavy atom. The number of imidazole rings is 1. The average molecular weight is 356 g/mol. The first-order valence-corrected chi connectivity index (χ1v) is 8.63. The van der Waals surface area contributed by atoms with Crippen LogP contribution in [0.2, 0.25) is 0 Å². The monoisotopic (exact) mass is 356 g/mol. The predicted molar refractivity (Wildman–Crippen MR) is 100 cm³/mol. The summed E-state index contributed by atoms with van der Waals surface area (Å²) in [4.78, 5) is 21.7. The molecule has 0 aromatic carbocycles. The van der Waals surface area contributed by atoms with Crippen molar-refractivity contribution in [3.8, 4) is 0 Å². The van der Waals surface area contributed by atoms with Gasteiger partial charge in [0.15, 0.2) is 17.0 Å². The Kier molecular flexibility index (Phi) is 5.27. The van der Waals surface area contributed by atoms with Gasteiger partial charge >= 0.3 is 0 Å². The van der Waals surface area contributed by atoms with E-state index in [1.807, 2.05) is 18.4 Å². The highest BCUT2D eigenvalue weighted by molar-refractivity contribution is 5.86. The zero-order valence-electron chi connectivity index (χ0n) is 15.4. The SMILES string of the molecule is CC(C)[C@H](CO)Nc1nc(Nc2cncnc2)c2ncn(C(C)C)c2n1. The smallest absolute Gasteiger partial charge is 0.227 e. The molecule has 0 saturated heterocycles. The molecule has 0 aliphatic rings. The number of aliphatic hydroxyl groups excluding tert-OH is 1. The van der Waals surface area contributed by atoms with Gasteiger partial charge in [0.25, 0.3) is 0 Å². The summed E-state index contributed by atoms with van der Waals surface area (Å²) in [5, 5.41) is 16.0. The number of anilines is 3. The van der Waals surface area contributed by atoms with Crippen molar-refractivity contribution in [3.63, 3.8) is 0 Å². The molecule has 26 heavy (non-hydrogen) atoms. The molecule has 0 amide bonds. The third-order valence-corrected chi connectivity index (χ3v) is 4.12. The van der Waals surface area contributed by atoms with Gasteiger partial charge in [-0.25, -0.2) is 15.0 Å². The Balaban J connectivity index is 2.06. The Hall–Kier alpha value is -2.81. The van der Waals surface area contributed by atoms with Crippen molar-refractivity contribution in [1.29, 1.82) is 0 Å². The van der Waals surface area contributed by atoms with E-state index in [9.17, 15) is 5.11 Å². The van der Waals surface area contributed by atoms with Gasteiger partial charge in [-0.05, 0) is 19.8 Å². The highest BCUT2D eigenvalue weighted by atomic mass is 16.3. The molecule has 0 saturated carbocycles. The zero-order valence-corrected chi connectivity index (χ0v) is 15.4. The fourth-order valence-electron chi connectivity index (χ4n) is 2.54. The van der Waals surface area contributed by atoms with Gasteiger partial charge in [0.1, 0.15) is 6.33 Å². The predicted octanol–water partition coefficient (Wildman–Crippen LogP) is 2.37. The molecule has 3 aromatic heterocycles.